The number of carbonyl (C=O) groups excluding carboxylic acids is 1. The van der Waals surface area contributed by atoms with Crippen LogP contribution in [0.3, 0.4) is 0 Å². The molecule has 1 saturated heterocycles. The molecule has 194 valence electrons. The Hall–Kier alpha value is -3.24. The molecule has 2 atom stereocenters. The van der Waals surface area contributed by atoms with Gasteiger partial charge in [0.15, 0.2) is 11.5 Å². The summed E-state index contributed by atoms with van der Waals surface area (Å²) in [4.78, 5) is 28.2. The van der Waals surface area contributed by atoms with Gasteiger partial charge in [0.1, 0.15) is 17.6 Å². The maximum Gasteiger partial charge on any atom is 0.416 e. The standard InChI is InChI=1S/C25H31F3N6O2/c1-15(2)18-12-24(6,22(35)36-23(3,4)5)8-10-33(18)20-21-30-13-19(34(21)32-14-31-20)17-11-16(7-9-29-17)25(26,27)28/h7,9,11,13-15,18H,8,10,12H2,1-6H3/t18-,24+/m1/s1. The van der Waals surface area contributed by atoms with Gasteiger partial charge in [-0.15, -0.1) is 0 Å². The van der Waals surface area contributed by atoms with Crippen molar-refractivity contribution in [2.45, 2.75) is 72.2 Å². The molecule has 1 aliphatic rings. The van der Waals surface area contributed by atoms with Gasteiger partial charge >= 0.3 is 12.1 Å². The molecule has 3 aromatic heterocycles. The van der Waals surface area contributed by atoms with Crippen LogP contribution in [0.2, 0.25) is 0 Å². The molecule has 0 unspecified atom stereocenters. The van der Waals surface area contributed by atoms with E-state index in [4.69, 9.17) is 4.74 Å². The summed E-state index contributed by atoms with van der Waals surface area (Å²) >= 11 is 0. The van der Waals surface area contributed by atoms with Crippen molar-refractivity contribution in [3.63, 3.8) is 0 Å². The Morgan fingerprint density at radius 3 is 2.56 bits per heavy atom. The van der Waals surface area contributed by atoms with E-state index >= 15 is 0 Å². The third kappa shape index (κ3) is 5.01. The molecule has 4 rings (SSSR count). The first-order chi connectivity index (χ1) is 16.7. The summed E-state index contributed by atoms with van der Waals surface area (Å²) in [6.07, 6.45) is 0.575. The summed E-state index contributed by atoms with van der Waals surface area (Å²) in [5.74, 6) is 0.529. The van der Waals surface area contributed by atoms with Crippen molar-refractivity contribution >= 4 is 17.4 Å². The van der Waals surface area contributed by atoms with Crippen LogP contribution in [0, 0.1) is 11.3 Å². The third-order valence-corrected chi connectivity index (χ3v) is 6.53. The van der Waals surface area contributed by atoms with Crippen molar-refractivity contribution in [2.75, 3.05) is 11.4 Å². The zero-order chi connectivity index (χ0) is 26.5. The lowest BCUT2D eigenvalue weighted by Crippen LogP contribution is -2.52. The minimum atomic E-state index is -4.49. The summed E-state index contributed by atoms with van der Waals surface area (Å²) in [6.45, 7) is 12.2. The summed E-state index contributed by atoms with van der Waals surface area (Å²) < 4.78 is 46.9. The molecule has 4 heterocycles. The van der Waals surface area contributed by atoms with Gasteiger partial charge in [0.05, 0.1) is 22.9 Å². The van der Waals surface area contributed by atoms with Gasteiger partial charge in [-0.25, -0.2) is 14.5 Å². The predicted octanol–water partition coefficient (Wildman–Crippen LogP) is 5.18. The number of imidazole rings is 1. The SMILES string of the molecule is CC(C)[C@H]1C[C@@](C)(C(=O)OC(C)(C)C)CCN1c1ncnn2c(-c3cc(C(F)(F)F)ccn3)cnc12. The summed E-state index contributed by atoms with van der Waals surface area (Å²) in [6, 6.07) is 1.87. The van der Waals surface area contributed by atoms with E-state index < -0.39 is 22.8 Å². The average molecular weight is 505 g/mol. The number of aromatic nitrogens is 5. The van der Waals surface area contributed by atoms with Crippen molar-refractivity contribution in [1.82, 2.24) is 24.6 Å². The highest BCUT2D eigenvalue weighted by molar-refractivity contribution is 5.78. The number of anilines is 1. The number of hydrogen-bond donors (Lipinski definition) is 0. The lowest BCUT2D eigenvalue weighted by molar-refractivity contribution is -0.168. The van der Waals surface area contributed by atoms with Crippen molar-refractivity contribution in [3.05, 3.63) is 36.4 Å². The number of alkyl halides is 3. The van der Waals surface area contributed by atoms with Gasteiger partial charge in [0, 0.05) is 18.8 Å². The first-order valence-electron chi connectivity index (χ1n) is 11.9. The van der Waals surface area contributed by atoms with Crippen LogP contribution in [0.25, 0.3) is 17.0 Å². The number of piperidine rings is 1. The minimum Gasteiger partial charge on any atom is -0.460 e. The number of halogens is 3. The van der Waals surface area contributed by atoms with Crippen LogP contribution in [0.1, 0.15) is 59.9 Å². The Bertz CT molecular complexity index is 1270. The zero-order valence-corrected chi connectivity index (χ0v) is 21.3. The second-order valence-corrected chi connectivity index (χ2v) is 10.9. The molecule has 0 N–H and O–H groups in total. The lowest BCUT2D eigenvalue weighted by Gasteiger charge is -2.46. The van der Waals surface area contributed by atoms with Crippen LogP contribution in [0.15, 0.2) is 30.9 Å². The Labute approximate surface area is 207 Å². The summed E-state index contributed by atoms with van der Waals surface area (Å²) in [5, 5.41) is 4.25. The number of carbonyl (C=O) groups is 1. The average Bonchev–Trinajstić information content (AvgIpc) is 3.22. The van der Waals surface area contributed by atoms with Gasteiger partial charge in [-0.3, -0.25) is 9.78 Å². The molecular formula is C25H31F3N6O2. The lowest BCUT2D eigenvalue weighted by atomic mass is 9.74. The van der Waals surface area contributed by atoms with Crippen LogP contribution in [-0.2, 0) is 15.7 Å². The molecular weight excluding hydrogens is 473 g/mol. The highest BCUT2D eigenvalue weighted by atomic mass is 19.4. The quantitative estimate of drug-likeness (QED) is 0.453. The normalized spacial score (nSPS) is 21.3. The second kappa shape index (κ2) is 9.01. The van der Waals surface area contributed by atoms with Crippen LogP contribution in [0.5, 0.6) is 0 Å². The molecule has 3 aromatic rings. The Kier molecular flexibility index (Phi) is 6.47. The first-order valence-corrected chi connectivity index (χ1v) is 11.9. The monoisotopic (exact) mass is 504 g/mol. The number of nitrogens with zero attached hydrogens (tertiary/aromatic N) is 6. The largest absolute Gasteiger partial charge is 0.460 e. The molecule has 11 heteroatoms. The molecule has 1 aliphatic heterocycles. The molecule has 8 nitrogen and oxygen atoms in total. The third-order valence-electron chi connectivity index (χ3n) is 6.53. The van der Waals surface area contributed by atoms with E-state index in [0.717, 1.165) is 18.3 Å². The van der Waals surface area contributed by atoms with Crippen molar-refractivity contribution in [3.8, 4) is 11.4 Å². The molecule has 0 bridgehead atoms. The van der Waals surface area contributed by atoms with Crippen molar-refractivity contribution in [2.24, 2.45) is 11.3 Å². The fourth-order valence-corrected chi connectivity index (χ4v) is 4.58. The maximum absolute atomic E-state index is 13.2. The Balaban J connectivity index is 1.70. The summed E-state index contributed by atoms with van der Waals surface area (Å²) in [5.41, 5.74) is -1.17. The highest BCUT2D eigenvalue weighted by Crippen LogP contribution is 2.41. The Morgan fingerprint density at radius 2 is 1.92 bits per heavy atom. The molecule has 0 spiro atoms. The molecule has 0 amide bonds. The number of rotatable bonds is 4. The van der Waals surface area contributed by atoms with Gasteiger partial charge < -0.3 is 9.64 Å². The molecule has 36 heavy (non-hydrogen) atoms. The van der Waals surface area contributed by atoms with Crippen LogP contribution in [-0.4, -0.2) is 48.7 Å². The molecule has 0 aliphatic carbocycles. The number of ether oxygens (including phenoxy) is 1. The van der Waals surface area contributed by atoms with E-state index in [9.17, 15) is 18.0 Å². The van der Waals surface area contributed by atoms with Gasteiger partial charge in [0.25, 0.3) is 0 Å². The minimum absolute atomic E-state index is 0.0400. The molecule has 0 saturated carbocycles. The van der Waals surface area contributed by atoms with E-state index in [1.54, 1.807) is 0 Å². The van der Waals surface area contributed by atoms with Gasteiger partial charge in [-0.2, -0.15) is 18.3 Å². The fourth-order valence-electron chi connectivity index (χ4n) is 4.58. The molecule has 0 radical (unpaired) electrons. The summed E-state index contributed by atoms with van der Waals surface area (Å²) in [7, 11) is 0. The Morgan fingerprint density at radius 1 is 1.19 bits per heavy atom. The van der Waals surface area contributed by atoms with E-state index in [1.807, 2.05) is 27.7 Å². The van der Waals surface area contributed by atoms with E-state index in [2.05, 4.69) is 38.8 Å². The van der Waals surface area contributed by atoms with Crippen LogP contribution < -0.4 is 4.90 Å². The molecule has 0 aromatic carbocycles. The molecule has 1 fully saturated rings. The van der Waals surface area contributed by atoms with Gasteiger partial charge in [-0.1, -0.05) is 13.8 Å². The van der Waals surface area contributed by atoms with Crippen LogP contribution in [0.4, 0.5) is 19.0 Å². The number of esters is 1. The van der Waals surface area contributed by atoms with E-state index in [0.29, 0.717) is 36.5 Å². The van der Waals surface area contributed by atoms with Gasteiger partial charge in [-0.05, 0) is 58.6 Å². The zero-order valence-electron chi connectivity index (χ0n) is 21.3. The smallest absolute Gasteiger partial charge is 0.416 e. The van der Waals surface area contributed by atoms with Crippen molar-refractivity contribution < 1.29 is 22.7 Å². The van der Waals surface area contributed by atoms with Crippen LogP contribution >= 0.6 is 0 Å². The van der Waals surface area contributed by atoms with Gasteiger partial charge in [0.2, 0.25) is 0 Å². The number of pyridine rings is 1. The number of fused-ring (bicyclic) bond motifs is 1. The topological polar surface area (TPSA) is 85.5 Å². The van der Waals surface area contributed by atoms with E-state index in [-0.39, 0.29) is 23.6 Å². The fraction of sp³-hybridized carbons (Fsp3) is 0.560. The number of hydrogen-bond acceptors (Lipinski definition) is 7. The predicted molar refractivity (Wildman–Crippen MR) is 128 cm³/mol. The maximum atomic E-state index is 13.2. The van der Waals surface area contributed by atoms with E-state index in [1.165, 1.54) is 17.0 Å². The first kappa shape index (κ1) is 25.8. The van der Waals surface area contributed by atoms with Crippen molar-refractivity contribution in [1.29, 1.82) is 0 Å². The second-order valence-electron chi connectivity index (χ2n) is 10.9. The highest BCUT2D eigenvalue weighted by Gasteiger charge is 2.45.